The Hall–Kier alpha value is -1.46. The lowest BCUT2D eigenvalue weighted by Crippen LogP contribution is -2.19. The second kappa shape index (κ2) is 5.25. The van der Waals surface area contributed by atoms with Gasteiger partial charge in [-0.1, -0.05) is 23.7 Å². The molecule has 1 aromatic heterocycles. The second-order valence-corrected chi connectivity index (χ2v) is 4.29. The SMILES string of the molecule is C[C@@H](NCc1nnn(C)n1)c1cccc(Cl)c1. The number of halogens is 1. The van der Waals surface area contributed by atoms with E-state index in [1.165, 1.54) is 4.80 Å². The van der Waals surface area contributed by atoms with Crippen molar-refractivity contribution in [1.29, 1.82) is 0 Å². The number of hydrogen-bond donors (Lipinski definition) is 1. The van der Waals surface area contributed by atoms with E-state index in [0.717, 1.165) is 10.6 Å². The zero-order chi connectivity index (χ0) is 12.3. The fraction of sp³-hybridized carbons (Fsp3) is 0.364. The molecule has 1 heterocycles. The van der Waals surface area contributed by atoms with E-state index in [2.05, 4.69) is 27.7 Å². The third-order valence-corrected chi connectivity index (χ3v) is 2.70. The van der Waals surface area contributed by atoms with E-state index < -0.39 is 0 Å². The molecule has 0 fully saturated rings. The van der Waals surface area contributed by atoms with Gasteiger partial charge >= 0.3 is 0 Å². The Morgan fingerprint density at radius 3 is 2.94 bits per heavy atom. The molecule has 0 radical (unpaired) electrons. The summed E-state index contributed by atoms with van der Waals surface area (Å²) in [5.41, 5.74) is 1.14. The van der Waals surface area contributed by atoms with Crippen molar-refractivity contribution in [3.05, 3.63) is 40.7 Å². The molecule has 1 atom stereocenters. The topological polar surface area (TPSA) is 55.6 Å². The molecule has 2 rings (SSSR count). The number of aryl methyl sites for hydroxylation is 1. The lowest BCUT2D eigenvalue weighted by molar-refractivity contribution is 0.555. The molecule has 0 aliphatic heterocycles. The van der Waals surface area contributed by atoms with E-state index in [4.69, 9.17) is 11.6 Å². The second-order valence-electron chi connectivity index (χ2n) is 3.85. The summed E-state index contributed by atoms with van der Waals surface area (Å²) in [6.45, 7) is 2.66. The molecule has 0 bridgehead atoms. The Morgan fingerprint density at radius 2 is 2.29 bits per heavy atom. The van der Waals surface area contributed by atoms with Gasteiger partial charge in [-0.15, -0.1) is 10.2 Å². The highest BCUT2D eigenvalue weighted by atomic mass is 35.5. The van der Waals surface area contributed by atoms with Crippen LogP contribution in [0.3, 0.4) is 0 Å². The van der Waals surface area contributed by atoms with Crippen molar-refractivity contribution < 1.29 is 0 Å². The minimum Gasteiger partial charge on any atom is -0.303 e. The minimum absolute atomic E-state index is 0.192. The Labute approximate surface area is 105 Å². The highest BCUT2D eigenvalue weighted by molar-refractivity contribution is 6.30. The zero-order valence-electron chi connectivity index (χ0n) is 9.76. The van der Waals surface area contributed by atoms with Crippen molar-refractivity contribution >= 4 is 11.6 Å². The molecule has 0 saturated heterocycles. The van der Waals surface area contributed by atoms with Crippen LogP contribution in [0.1, 0.15) is 24.4 Å². The number of aromatic nitrogens is 4. The fourth-order valence-corrected chi connectivity index (χ4v) is 1.73. The maximum Gasteiger partial charge on any atom is 0.188 e. The molecule has 5 nitrogen and oxygen atoms in total. The van der Waals surface area contributed by atoms with Gasteiger partial charge in [-0.05, 0) is 29.8 Å². The Bertz CT molecular complexity index is 496. The Morgan fingerprint density at radius 1 is 1.47 bits per heavy atom. The largest absolute Gasteiger partial charge is 0.303 e. The van der Waals surface area contributed by atoms with E-state index in [1.54, 1.807) is 7.05 Å². The van der Waals surface area contributed by atoms with Gasteiger partial charge in [0.15, 0.2) is 5.82 Å². The molecule has 90 valence electrons. The molecule has 17 heavy (non-hydrogen) atoms. The molecule has 1 N–H and O–H groups in total. The molecular weight excluding hydrogens is 238 g/mol. The number of benzene rings is 1. The van der Waals surface area contributed by atoms with Crippen LogP contribution < -0.4 is 5.32 Å². The van der Waals surface area contributed by atoms with Crippen molar-refractivity contribution in [1.82, 2.24) is 25.5 Å². The molecular formula is C11H14ClN5. The van der Waals surface area contributed by atoms with E-state index in [0.29, 0.717) is 12.4 Å². The molecule has 0 aliphatic carbocycles. The minimum atomic E-state index is 0.192. The summed E-state index contributed by atoms with van der Waals surface area (Å²) in [6, 6.07) is 7.98. The van der Waals surface area contributed by atoms with Gasteiger partial charge in [0, 0.05) is 11.1 Å². The smallest absolute Gasteiger partial charge is 0.188 e. The lowest BCUT2D eigenvalue weighted by Gasteiger charge is -2.12. The van der Waals surface area contributed by atoms with Crippen LogP contribution in [0.25, 0.3) is 0 Å². The lowest BCUT2D eigenvalue weighted by atomic mass is 10.1. The predicted molar refractivity (Wildman–Crippen MR) is 65.5 cm³/mol. The van der Waals surface area contributed by atoms with Crippen LogP contribution in [-0.2, 0) is 13.6 Å². The number of nitrogens with one attached hydrogen (secondary N) is 1. The summed E-state index contributed by atoms with van der Waals surface area (Å²) in [6.07, 6.45) is 0. The maximum absolute atomic E-state index is 5.94. The normalized spacial score (nSPS) is 12.6. The van der Waals surface area contributed by atoms with Crippen LogP contribution in [0, 0.1) is 0 Å². The fourth-order valence-electron chi connectivity index (χ4n) is 1.53. The number of hydrogen-bond acceptors (Lipinski definition) is 4. The monoisotopic (exact) mass is 251 g/mol. The summed E-state index contributed by atoms with van der Waals surface area (Å²) in [5.74, 6) is 0.682. The quantitative estimate of drug-likeness (QED) is 0.899. The van der Waals surface area contributed by atoms with Crippen LogP contribution in [0.5, 0.6) is 0 Å². The number of tetrazole rings is 1. The van der Waals surface area contributed by atoms with E-state index in [-0.39, 0.29) is 6.04 Å². The van der Waals surface area contributed by atoms with Crippen molar-refractivity contribution in [3.63, 3.8) is 0 Å². The summed E-state index contributed by atoms with van der Waals surface area (Å²) in [7, 11) is 1.75. The molecule has 6 heteroatoms. The first-order valence-electron chi connectivity index (χ1n) is 5.37. The van der Waals surface area contributed by atoms with Crippen molar-refractivity contribution in [3.8, 4) is 0 Å². The number of nitrogens with zero attached hydrogens (tertiary/aromatic N) is 4. The molecule has 0 saturated carbocycles. The third-order valence-electron chi connectivity index (χ3n) is 2.46. The van der Waals surface area contributed by atoms with Crippen molar-refractivity contribution in [2.75, 3.05) is 0 Å². The van der Waals surface area contributed by atoms with Gasteiger partial charge in [0.05, 0.1) is 13.6 Å². The summed E-state index contributed by atoms with van der Waals surface area (Å²) in [4.78, 5) is 1.45. The first-order valence-corrected chi connectivity index (χ1v) is 5.74. The van der Waals surface area contributed by atoms with Gasteiger partial charge in [-0.2, -0.15) is 4.80 Å². The molecule has 1 aromatic carbocycles. The third kappa shape index (κ3) is 3.25. The van der Waals surface area contributed by atoms with Crippen LogP contribution >= 0.6 is 11.6 Å². The Balaban J connectivity index is 1.95. The van der Waals surface area contributed by atoms with Crippen LogP contribution in [0.2, 0.25) is 5.02 Å². The molecule has 0 spiro atoms. The first kappa shape index (κ1) is 12.0. The summed E-state index contributed by atoms with van der Waals surface area (Å²) >= 11 is 5.94. The maximum atomic E-state index is 5.94. The van der Waals surface area contributed by atoms with Crippen molar-refractivity contribution in [2.24, 2.45) is 7.05 Å². The van der Waals surface area contributed by atoms with Gasteiger partial charge in [0.25, 0.3) is 0 Å². The molecule has 0 aliphatic rings. The van der Waals surface area contributed by atoms with Crippen LogP contribution in [-0.4, -0.2) is 20.2 Å². The standard InChI is InChI=1S/C11H14ClN5/c1-8(9-4-3-5-10(12)6-9)13-7-11-14-16-17(2)15-11/h3-6,8,13H,7H2,1-2H3/t8-/m1/s1. The number of rotatable bonds is 4. The van der Waals surface area contributed by atoms with Gasteiger partial charge < -0.3 is 5.32 Å². The average molecular weight is 252 g/mol. The van der Waals surface area contributed by atoms with Crippen LogP contribution in [0.15, 0.2) is 24.3 Å². The molecule has 0 unspecified atom stereocenters. The van der Waals surface area contributed by atoms with E-state index in [9.17, 15) is 0 Å². The molecule has 0 amide bonds. The van der Waals surface area contributed by atoms with Gasteiger partial charge in [-0.3, -0.25) is 0 Å². The molecule has 2 aromatic rings. The van der Waals surface area contributed by atoms with Gasteiger partial charge in [0.2, 0.25) is 0 Å². The Kier molecular flexibility index (Phi) is 3.71. The summed E-state index contributed by atoms with van der Waals surface area (Å²) < 4.78 is 0. The zero-order valence-corrected chi connectivity index (χ0v) is 10.5. The van der Waals surface area contributed by atoms with Crippen LogP contribution in [0.4, 0.5) is 0 Å². The van der Waals surface area contributed by atoms with E-state index >= 15 is 0 Å². The van der Waals surface area contributed by atoms with Gasteiger partial charge in [0.1, 0.15) is 0 Å². The van der Waals surface area contributed by atoms with E-state index in [1.807, 2.05) is 24.3 Å². The first-order chi connectivity index (χ1) is 8.15. The highest BCUT2D eigenvalue weighted by Gasteiger charge is 2.07. The predicted octanol–water partition coefficient (Wildman–Crippen LogP) is 1.71. The van der Waals surface area contributed by atoms with Gasteiger partial charge in [-0.25, -0.2) is 0 Å². The summed E-state index contributed by atoms with van der Waals surface area (Å²) in [5, 5.41) is 15.9. The van der Waals surface area contributed by atoms with Crippen molar-refractivity contribution in [2.45, 2.75) is 19.5 Å². The highest BCUT2D eigenvalue weighted by Crippen LogP contribution is 2.17. The average Bonchev–Trinajstić information content (AvgIpc) is 2.72.